The number of aliphatic carboxylic acids is 2. The molecule has 1 aromatic rings. The summed E-state index contributed by atoms with van der Waals surface area (Å²) in [6.45, 7) is 5.20. The van der Waals surface area contributed by atoms with Gasteiger partial charge in [0.1, 0.15) is 5.03 Å². The second-order valence-electron chi connectivity index (χ2n) is 6.62. The van der Waals surface area contributed by atoms with Crippen LogP contribution in [-0.2, 0) is 19.1 Å². The zero-order valence-corrected chi connectivity index (χ0v) is 16.4. The Morgan fingerprint density at radius 3 is 2.37 bits per heavy atom. The molecule has 4 fully saturated rings. The van der Waals surface area contributed by atoms with E-state index < -0.39 is 11.9 Å². The first-order chi connectivity index (χ1) is 13.0. The second-order valence-corrected chi connectivity index (χ2v) is 8.23. The Morgan fingerprint density at radius 2 is 1.81 bits per heavy atom. The predicted molar refractivity (Wildman–Crippen MR) is 98.1 cm³/mol. The van der Waals surface area contributed by atoms with Gasteiger partial charge in [0.25, 0.3) is 0 Å². The van der Waals surface area contributed by atoms with E-state index in [9.17, 15) is 0 Å². The molecule has 11 heteroatoms. The number of thioether (sulfide) groups is 1. The van der Waals surface area contributed by atoms with Crippen LogP contribution in [0.25, 0.3) is 0 Å². The van der Waals surface area contributed by atoms with Gasteiger partial charge in [-0.15, -0.1) is 11.8 Å². The molecule has 4 aliphatic heterocycles. The Kier molecular flexibility index (Phi) is 7.41. The van der Waals surface area contributed by atoms with Crippen molar-refractivity contribution >= 4 is 35.4 Å². The summed E-state index contributed by atoms with van der Waals surface area (Å²) >= 11 is 3.19. The van der Waals surface area contributed by atoms with Crippen LogP contribution in [0.2, 0.25) is 0 Å². The van der Waals surface area contributed by atoms with Crippen LogP contribution >= 0.6 is 23.5 Å². The minimum absolute atomic E-state index is 0.00986. The normalized spacial score (nSPS) is 27.2. The fraction of sp³-hybridized carbons (Fsp3) is 0.750. The summed E-state index contributed by atoms with van der Waals surface area (Å²) in [4.78, 5) is 20.8. The van der Waals surface area contributed by atoms with Crippen LogP contribution in [-0.4, -0.2) is 80.7 Å². The average molecular weight is 418 g/mol. The molecular formula is C16H23N3O6S2. The SMILES string of the molecule is C1COC(CCSc2nsnc2C2CN3CCC2CC3)O1.O=C(O)C(=O)O. The van der Waals surface area contributed by atoms with Crippen molar-refractivity contribution < 1.29 is 29.3 Å². The second kappa shape index (κ2) is 9.78. The van der Waals surface area contributed by atoms with Gasteiger partial charge in [-0.1, -0.05) is 0 Å². The molecule has 0 spiro atoms. The number of hydrogen-bond donors (Lipinski definition) is 2. The van der Waals surface area contributed by atoms with E-state index >= 15 is 0 Å². The Bertz CT molecular complexity index is 632. The fourth-order valence-electron chi connectivity index (χ4n) is 3.61. The van der Waals surface area contributed by atoms with Crippen LogP contribution in [0.5, 0.6) is 0 Å². The lowest BCUT2D eigenvalue weighted by Gasteiger charge is -2.44. The highest BCUT2D eigenvalue weighted by atomic mass is 32.2. The molecule has 27 heavy (non-hydrogen) atoms. The van der Waals surface area contributed by atoms with E-state index in [1.165, 1.54) is 49.9 Å². The number of aromatic nitrogens is 2. The largest absolute Gasteiger partial charge is 0.473 e. The van der Waals surface area contributed by atoms with Gasteiger partial charge in [-0.05, 0) is 31.8 Å². The number of rotatable bonds is 5. The van der Waals surface area contributed by atoms with E-state index in [-0.39, 0.29) is 6.29 Å². The molecule has 5 rings (SSSR count). The molecule has 150 valence electrons. The fourth-order valence-corrected chi connectivity index (χ4v) is 5.35. The lowest BCUT2D eigenvalue weighted by atomic mass is 9.78. The number of ether oxygens (including phenoxy) is 2. The molecule has 0 aliphatic carbocycles. The predicted octanol–water partition coefficient (Wildman–Crippen LogP) is 1.36. The van der Waals surface area contributed by atoms with Gasteiger partial charge in [0, 0.05) is 24.6 Å². The van der Waals surface area contributed by atoms with Crippen molar-refractivity contribution in [3.8, 4) is 0 Å². The molecule has 1 unspecified atom stereocenters. The minimum Gasteiger partial charge on any atom is -0.473 e. The monoisotopic (exact) mass is 417 g/mol. The van der Waals surface area contributed by atoms with Crippen molar-refractivity contribution in [3.63, 3.8) is 0 Å². The van der Waals surface area contributed by atoms with Crippen LogP contribution in [0.1, 0.15) is 30.9 Å². The maximum atomic E-state index is 9.10. The standard InChI is InChI=1S/C14H21N3O2S2.C2H2O4/c1-4-17-5-2-10(1)11(9-17)13-14(16-21-15-13)20-8-3-12-18-6-7-19-12;3-1(4)2(5)6/h10-12H,1-9H2;(H,3,4)(H,5,6). The molecule has 1 aromatic heterocycles. The van der Waals surface area contributed by atoms with Crippen molar-refractivity contribution in [2.75, 3.05) is 38.6 Å². The summed E-state index contributed by atoms with van der Waals surface area (Å²) in [6, 6.07) is 0. The maximum Gasteiger partial charge on any atom is 0.414 e. The summed E-state index contributed by atoms with van der Waals surface area (Å²) in [5, 5.41) is 15.9. The number of carboxylic acid groups (broad SMARTS) is 2. The van der Waals surface area contributed by atoms with Gasteiger partial charge in [0.05, 0.1) is 30.6 Å². The molecule has 0 amide bonds. The van der Waals surface area contributed by atoms with Crippen molar-refractivity contribution in [1.29, 1.82) is 0 Å². The number of hydrogen-bond acceptors (Lipinski definition) is 9. The first-order valence-electron chi connectivity index (χ1n) is 8.91. The highest BCUT2D eigenvalue weighted by Crippen LogP contribution is 2.41. The van der Waals surface area contributed by atoms with Gasteiger partial charge in [-0.3, -0.25) is 0 Å². The zero-order valence-electron chi connectivity index (χ0n) is 14.8. The lowest BCUT2D eigenvalue weighted by Crippen LogP contribution is -2.46. The first-order valence-corrected chi connectivity index (χ1v) is 10.6. The summed E-state index contributed by atoms with van der Waals surface area (Å²) in [7, 11) is 0. The van der Waals surface area contributed by atoms with Crippen molar-refractivity contribution in [1.82, 2.24) is 13.6 Å². The molecular weight excluding hydrogens is 394 g/mol. The maximum absolute atomic E-state index is 9.10. The highest BCUT2D eigenvalue weighted by Gasteiger charge is 2.37. The molecule has 9 nitrogen and oxygen atoms in total. The molecule has 2 bridgehead atoms. The Hall–Kier alpha value is -1.27. The molecule has 5 heterocycles. The third-order valence-electron chi connectivity index (χ3n) is 4.96. The van der Waals surface area contributed by atoms with Crippen molar-refractivity contribution in [3.05, 3.63) is 5.69 Å². The number of piperidine rings is 3. The molecule has 2 N–H and O–H groups in total. The minimum atomic E-state index is -1.82. The van der Waals surface area contributed by atoms with E-state index in [0.29, 0.717) is 5.92 Å². The lowest BCUT2D eigenvalue weighted by molar-refractivity contribution is -0.159. The quantitative estimate of drug-likeness (QED) is 0.536. The number of nitrogens with zero attached hydrogens (tertiary/aromatic N) is 3. The van der Waals surface area contributed by atoms with Crippen LogP contribution < -0.4 is 0 Å². The Balaban J connectivity index is 0.000000307. The van der Waals surface area contributed by atoms with Gasteiger partial charge in [0.15, 0.2) is 6.29 Å². The summed E-state index contributed by atoms with van der Waals surface area (Å²) in [6.07, 6.45) is 3.58. The molecule has 4 aliphatic rings. The van der Waals surface area contributed by atoms with Gasteiger partial charge in [-0.25, -0.2) is 9.59 Å². The van der Waals surface area contributed by atoms with Crippen LogP contribution in [0.15, 0.2) is 5.03 Å². The van der Waals surface area contributed by atoms with Gasteiger partial charge >= 0.3 is 11.9 Å². The van der Waals surface area contributed by atoms with Crippen LogP contribution in [0, 0.1) is 5.92 Å². The van der Waals surface area contributed by atoms with Crippen LogP contribution in [0.3, 0.4) is 0 Å². The first kappa shape index (κ1) is 20.5. The van der Waals surface area contributed by atoms with Crippen molar-refractivity contribution in [2.45, 2.75) is 36.5 Å². The number of carboxylic acids is 2. The molecule has 4 saturated heterocycles. The van der Waals surface area contributed by atoms with E-state index in [1.54, 1.807) is 0 Å². The van der Waals surface area contributed by atoms with Crippen LogP contribution in [0.4, 0.5) is 0 Å². The van der Waals surface area contributed by atoms with E-state index in [0.717, 1.165) is 36.3 Å². The molecule has 0 saturated carbocycles. The number of carbonyl (C=O) groups is 2. The van der Waals surface area contributed by atoms with E-state index in [2.05, 4.69) is 13.6 Å². The molecule has 0 radical (unpaired) electrons. The van der Waals surface area contributed by atoms with Gasteiger partial charge in [-0.2, -0.15) is 8.75 Å². The third-order valence-corrected chi connectivity index (χ3v) is 6.63. The highest BCUT2D eigenvalue weighted by molar-refractivity contribution is 7.99. The Labute approximate surface area is 165 Å². The summed E-state index contributed by atoms with van der Waals surface area (Å²) in [5.41, 5.74) is 1.26. The zero-order chi connectivity index (χ0) is 19.2. The number of fused-ring (bicyclic) bond motifs is 3. The Morgan fingerprint density at radius 1 is 1.15 bits per heavy atom. The summed E-state index contributed by atoms with van der Waals surface area (Å²) < 4.78 is 20.1. The molecule has 1 atom stereocenters. The van der Waals surface area contributed by atoms with Crippen molar-refractivity contribution in [2.24, 2.45) is 5.92 Å². The van der Waals surface area contributed by atoms with E-state index in [4.69, 9.17) is 29.3 Å². The average Bonchev–Trinajstić information content (AvgIpc) is 3.35. The van der Waals surface area contributed by atoms with Gasteiger partial charge < -0.3 is 24.6 Å². The van der Waals surface area contributed by atoms with E-state index in [1.807, 2.05) is 11.8 Å². The van der Waals surface area contributed by atoms with Gasteiger partial charge in [0.2, 0.25) is 0 Å². The topological polar surface area (TPSA) is 122 Å². The smallest absolute Gasteiger partial charge is 0.414 e. The third kappa shape index (κ3) is 5.61. The molecule has 0 aromatic carbocycles. The summed E-state index contributed by atoms with van der Waals surface area (Å²) in [5.74, 6) is -1.23.